The van der Waals surface area contributed by atoms with Crippen LogP contribution in [-0.4, -0.2) is 32.3 Å². The lowest BCUT2D eigenvalue weighted by Gasteiger charge is -2.04. The van der Waals surface area contributed by atoms with Gasteiger partial charge in [-0.05, 0) is 13.3 Å². The zero-order chi connectivity index (χ0) is 11.0. The van der Waals surface area contributed by atoms with Crippen molar-refractivity contribution in [2.75, 3.05) is 20.3 Å². The van der Waals surface area contributed by atoms with Gasteiger partial charge in [0.05, 0.1) is 13.7 Å². The van der Waals surface area contributed by atoms with Crippen LogP contribution in [0.15, 0.2) is 12.2 Å². The van der Waals surface area contributed by atoms with Crippen LogP contribution in [0.2, 0.25) is 0 Å². The topological polar surface area (TPSA) is 64.6 Å². The van der Waals surface area contributed by atoms with Gasteiger partial charge in [0.2, 0.25) is 0 Å². The van der Waals surface area contributed by atoms with E-state index in [0.29, 0.717) is 18.5 Å². The molecule has 0 spiro atoms. The lowest BCUT2D eigenvalue weighted by atomic mass is 10.3. The third-order valence-electron chi connectivity index (χ3n) is 1.36. The van der Waals surface area contributed by atoms with Gasteiger partial charge in [-0.15, -0.1) is 0 Å². The van der Waals surface area contributed by atoms with Crippen LogP contribution in [0.5, 0.6) is 0 Å². The zero-order valence-electron chi connectivity index (χ0n) is 8.46. The van der Waals surface area contributed by atoms with Crippen LogP contribution in [0.1, 0.15) is 13.3 Å². The molecule has 5 heteroatoms. The van der Waals surface area contributed by atoms with Crippen LogP contribution in [0, 0.1) is 0 Å². The van der Waals surface area contributed by atoms with Crippen molar-refractivity contribution in [2.45, 2.75) is 13.3 Å². The van der Waals surface area contributed by atoms with Crippen LogP contribution in [0.3, 0.4) is 0 Å². The quantitative estimate of drug-likeness (QED) is 0.407. The van der Waals surface area contributed by atoms with E-state index < -0.39 is 12.1 Å². The predicted octanol–water partition coefficient (Wildman–Crippen LogP) is 0.852. The van der Waals surface area contributed by atoms with E-state index in [0.717, 1.165) is 0 Å². The van der Waals surface area contributed by atoms with E-state index in [1.54, 1.807) is 6.92 Å². The summed E-state index contributed by atoms with van der Waals surface area (Å²) < 4.78 is 9.13. The van der Waals surface area contributed by atoms with Crippen molar-refractivity contribution in [1.82, 2.24) is 5.32 Å². The number of carbonyl (C=O) groups excluding carboxylic acids is 2. The largest absolute Gasteiger partial charge is 0.462 e. The average Bonchev–Trinajstić information content (AvgIpc) is 2.16. The Morgan fingerprint density at radius 1 is 1.43 bits per heavy atom. The van der Waals surface area contributed by atoms with Crippen molar-refractivity contribution in [2.24, 2.45) is 0 Å². The molecule has 0 saturated carbocycles. The van der Waals surface area contributed by atoms with E-state index in [1.807, 2.05) is 0 Å². The molecule has 0 saturated heterocycles. The number of amides is 1. The number of nitrogens with one attached hydrogen (secondary N) is 1. The first-order chi connectivity index (χ1) is 6.57. The second-order valence-corrected chi connectivity index (χ2v) is 2.69. The molecule has 0 aliphatic carbocycles. The van der Waals surface area contributed by atoms with Gasteiger partial charge in [-0.3, -0.25) is 0 Å². The van der Waals surface area contributed by atoms with Gasteiger partial charge in [-0.2, -0.15) is 0 Å². The fourth-order valence-electron chi connectivity index (χ4n) is 0.623. The first-order valence-corrected chi connectivity index (χ1v) is 4.22. The normalized spacial score (nSPS) is 9.00. The highest BCUT2D eigenvalue weighted by molar-refractivity contribution is 5.86. The molecule has 0 bridgehead atoms. The third kappa shape index (κ3) is 6.05. The van der Waals surface area contributed by atoms with Crippen LogP contribution < -0.4 is 5.32 Å². The molecule has 0 aromatic rings. The molecule has 0 radical (unpaired) electrons. The first kappa shape index (κ1) is 12.5. The molecular formula is C9H15NO4. The maximum atomic E-state index is 10.9. The molecule has 5 nitrogen and oxygen atoms in total. The highest BCUT2D eigenvalue weighted by Crippen LogP contribution is 1.92. The Bertz CT molecular complexity index is 225. The molecule has 0 heterocycles. The second-order valence-electron chi connectivity index (χ2n) is 2.69. The zero-order valence-corrected chi connectivity index (χ0v) is 8.46. The average molecular weight is 201 g/mol. The van der Waals surface area contributed by atoms with Crippen molar-refractivity contribution < 1.29 is 19.1 Å². The number of esters is 1. The molecule has 80 valence electrons. The Morgan fingerprint density at radius 2 is 2.07 bits per heavy atom. The van der Waals surface area contributed by atoms with Gasteiger partial charge in [0.15, 0.2) is 0 Å². The molecule has 1 N–H and O–H groups in total. The number of hydrogen-bond acceptors (Lipinski definition) is 4. The number of methoxy groups -OCH3 is 1. The smallest absolute Gasteiger partial charge is 0.406 e. The van der Waals surface area contributed by atoms with Crippen LogP contribution in [0.4, 0.5) is 4.79 Å². The van der Waals surface area contributed by atoms with Gasteiger partial charge < -0.3 is 14.8 Å². The lowest BCUT2D eigenvalue weighted by Crippen LogP contribution is -2.25. The highest BCUT2D eigenvalue weighted by atomic mass is 16.5. The van der Waals surface area contributed by atoms with Crippen molar-refractivity contribution in [3.8, 4) is 0 Å². The van der Waals surface area contributed by atoms with E-state index in [2.05, 4.69) is 16.6 Å². The standard InChI is InChI=1S/C9H15NO4/c1-7(2)8(11)14-6-4-5-10-9(12)13-3/h1,4-6H2,2-3H3,(H,10,12). The van der Waals surface area contributed by atoms with Gasteiger partial charge in [0.25, 0.3) is 0 Å². The maximum Gasteiger partial charge on any atom is 0.406 e. The van der Waals surface area contributed by atoms with Crippen molar-refractivity contribution in [1.29, 1.82) is 0 Å². The monoisotopic (exact) mass is 201 g/mol. The fourth-order valence-corrected chi connectivity index (χ4v) is 0.623. The Morgan fingerprint density at radius 3 is 2.57 bits per heavy atom. The first-order valence-electron chi connectivity index (χ1n) is 4.22. The molecule has 0 atom stereocenters. The Labute approximate surface area is 83.1 Å². The second kappa shape index (κ2) is 6.94. The number of hydrogen-bond donors (Lipinski definition) is 1. The summed E-state index contributed by atoms with van der Waals surface area (Å²) in [6, 6.07) is 0. The summed E-state index contributed by atoms with van der Waals surface area (Å²) in [5.41, 5.74) is 0.367. The minimum absolute atomic E-state index is 0.260. The maximum absolute atomic E-state index is 10.9. The lowest BCUT2D eigenvalue weighted by molar-refractivity contribution is -0.138. The van der Waals surface area contributed by atoms with Gasteiger partial charge in [-0.25, -0.2) is 9.59 Å². The number of alkyl carbamates (subject to hydrolysis) is 1. The van der Waals surface area contributed by atoms with Crippen LogP contribution >= 0.6 is 0 Å². The minimum atomic E-state index is -0.490. The summed E-state index contributed by atoms with van der Waals surface area (Å²) in [6.07, 6.45) is 0.0601. The molecule has 0 unspecified atom stereocenters. The van der Waals surface area contributed by atoms with Gasteiger partial charge in [0.1, 0.15) is 0 Å². The Hall–Kier alpha value is -1.52. The Kier molecular flexibility index (Phi) is 6.19. The third-order valence-corrected chi connectivity index (χ3v) is 1.36. The minimum Gasteiger partial charge on any atom is -0.462 e. The summed E-state index contributed by atoms with van der Waals surface area (Å²) in [5.74, 6) is -0.414. The van der Waals surface area contributed by atoms with Gasteiger partial charge in [-0.1, -0.05) is 6.58 Å². The summed E-state index contributed by atoms with van der Waals surface area (Å²) in [5, 5.41) is 2.46. The summed E-state index contributed by atoms with van der Waals surface area (Å²) in [7, 11) is 1.29. The van der Waals surface area contributed by atoms with Gasteiger partial charge in [0, 0.05) is 12.1 Å². The van der Waals surface area contributed by atoms with Crippen LogP contribution in [0.25, 0.3) is 0 Å². The van der Waals surface area contributed by atoms with Gasteiger partial charge >= 0.3 is 12.1 Å². The number of rotatable bonds is 5. The SMILES string of the molecule is C=C(C)C(=O)OCCCNC(=O)OC. The number of ether oxygens (including phenoxy) is 2. The van der Waals surface area contributed by atoms with Crippen molar-refractivity contribution in [3.63, 3.8) is 0 Å². The molecule has 0 fully saturated rings. The van der Waals surface area contributed by atoms with Crippen molar-refractivity contribution in [3.05, 3.63) is 12.2 Å². The van der Waals surface area contributed by atoms with E-state index in [9.17, 15) is 9.59 Å². The van der Waals surface area contributed by atoms with E-state index in [1.165, 1.54) is 7.11 Å². The summed E-state index contributed by atoms with van der Waals surface area (Å²) in [4.78, 5) is 21.4. The Balaban J connectivity index is 3.34. The molecule has 0 aromatic carbocycles. The van der Waals surface area contributed by atoms with Crippen LogP contribution in [-0.2, 0) is 14.3 Å². The molecular weight excluding hydrogens is 186 g/mol. The summed E-state index contributed by atoms with van der Waals surface area (Å²) >= 11 is 0. The highest BCUT2D eigenvalue weighted by Gasteiger charge is 2.02. The van der Waals surface area contributed by atoms with E-state index in [-0.39, 0.29) is 6.61 Å². The molecule has 14 heavy (non-hydrogen) atoms. The summed E-state index contributed by atoms with van der Waals surface area (Å²) in [6.45, 7) is 5.68. The molecule has 1 amide bonds. The molecule has 0 aliphatic rings. The molecule has 0 aliphatic heterocycles. The van der Waals surface area contributed by atoms with E-state index in [4.69, 9.17) is 4.74 Å². The molecule has 0 rings (SSSR count). The van der Waals surface area contributed by atoms with E-state index >= 15 is 0 Å². The molecule has 0 aromatic heterocycles. The predicted molar refractivity (Wildman–Crippen MR) is 50.8 cm³/mol. The fraction of sp³-hybridized carbons (Fsp3) is 0.556. The van der Waals surface area contributed by atoms with Crippen molar-refractivity contribution >= 4 is 12.1 Å². The number of carbonyl (C=O) groups is 2.